The van der Waals surface area contributed by atoms with Crippen molar-refractivity contribution in [3.05, 3.63) is 65.9 Å². The number of nitrogens with zero attached hydrogens (tertiary/aromatic N) is 6. The molecule has 0 bridgehead atoms. The van der Waals surface area contributed by atoms with E-state index in [0.717, 1.165) is 45.9 Å². The lowest BCUT2D eigenvalue weighted by Crippen LogP contribution is -2.58. The number of aliphatic carboxylic acids is 1. The summed E-state index contributed by atoms with van der Waals surface area (Å²) in [6.07, 6.45) is -3.70. The van der Waals surface area contributed by atoms with E-state index in [1.165, 1.54) is 25.3 Å². The monoisotopic (exact) mass is 675 g/mol. The van der Waals surface area contributed by atoms with Crippen LogP contribution in [-0.2, 0) is 27.3 Å². The summed E-state index contributed by atoms with van der Waals surface area (Å²) in [4.78, 5) is 21.4. The van der Waals surface area contributed by atoms with E-state index in [2.05, 4.69) is 23.5 Å². The molecule has 0 spiro atoms. The van der Waals surface area contributed by atoms with Crippen LogP contribution in [-0.4, -0.2) is 74.6 Å². The van der Waals surface area contributed by atoms with Gasteiger partial charge < -0.3 is 20.5 Å². The first-order chi connectivity index (χ1) is 21.1. The molecule has 19 heteroatoms. The van der Waals surface area contributed by atoms with E-state index in [-0.39, 0.29) is 42.2 Å². The highest BCUT2D eigenvalue weighted by Crippen LogP contribution is 2.31. The molecule has 242 valence electrons. The fraction of sp³-hybridized carbons (Fsp3) is 0.346. The summed E-state index contributed by atoms with van der Waals surface area (Å²) in [6, 6.07) is 8.23. The lowest BCUT2D eigenvalue weighted by Gasteiger charge is -2.38. The number of carbonyl (C=O) groups is 1. The third-order valence-corrected chi connectivity index (χ3v) is 9.07. The zero-order valence-electron chi connectivity index (χ0n) is 23.4. The van der Waals surface area contributed by atoms with Gasteiger partial charge in [0.15, 0.2) is 0 Å². The summed E-state index contributed by atoms with van der Waals surface area (Å²) in [7, 11) is -4.32. The summed E-state index contributed by atoms with van der Waals surface area (Å²) in [5, 5.41) is 9.66. The minimum atomic E-state index is -4.92. The van der Waals surface area contributed by atoms with Crippen molar-refractivity contribution in [2.24, 2.45) is 5.73 Å². The van der Waals surface area contributed by atoms with Crippen LogP contribution in [0.1, 0.15) is 24.5 Å². The minimum absolute atomic E-state index is 0.0622. The highest BCUT2D eigenvalue weighted by atomic mass is 32.2. The third-order valence-electron chi connectivity index (χ3n) is 6.64. The molecule has 12 nitrogen and oxygen atoms in total. The Hall–Kier alpha value is -4.07. The van der Waals surface area contributed by atoms with E-state index in [9.17, 15) is 40.3 Å². The van der Waals surface area contributed by atoms with Gasteiger partial charge in [0, 0.05) is 38.2 Å². The predicted octanol–water partition coefficient (Wildman–Crippen LogP) is 3.99. The predicted molar refractivity (Wildman–Crippen MR) is 152 cm³/mol. The number of ether oxygens (including phenoxy) is 1. The Morgan fingerprint density at radius 3 is 2.27 bits per heavy atom. The molecule has 4 aromatic rings. The Labute approximate surface area is 257 Å². The quantitative estimate of drug-likeness (QED) is 0.260. The Kier molecular flexibility index (Phi) is 10.2. The molecule has 1 aliphatic rings. The normalized spacial score (nSPS) is 16.2. The topological polar surface area (TPSA) is 165 Å². The van der Waals surface area contributed by atoms with Gasteiger partial charge >= 0.3 is 12.3 Å². The van der Waals surface area contributed by atoms with Crippen molar-refractivity contribution in [3.8, 4) is 5.75 Å². The fourth-order valence-electron chi connectivity index (χ4n) is 4.24. The van der Waals surface area contributed by atoms with Crippen LogP contribution in [0.25, 0.3) is 11.3 Å². The maximum Gasteiger partial charge on any atom is 0.573 e. The van der Waals surface area contributed by atoms with Crippen LogP contribution < -0.4 is 15.4 Å². The van der Waals surface area contributed by atoms with Gasteiger partial charge in [-0.3, -0.25) is 4.79 Å². The zero-order chi connectivity index (χ0) is 33.0. The molecule has 1 saturated heterocycles. The Bertz CT molecular complexity index is 1720. The number of hydrogen-bond acceptors (Lipinski definition) is 11. The second-order valence-electron chi connectivity index (χ2n) is 9.53. The number of sulfonamides is 1. The van der Waals surface area contributed by atoms with E-state index in [1.54, 1.807) is 17.0 Å². The molecule has 1 fully saturated rings. The molecule has 0 amide bonds. The standard InChI is InChI=1S/C16H13F3N6O5S2.C10H13F2N/c17-16(18,19)30-9-1-3-10(4-2-9)32(28,29)25-6-5-24(8-11(25)15(26)27)12-7-20-13-14(21-12)23-31-22-13;1-2-10(11,12)9-5-3-8(7-13)4-6-9/h1-4,7,11H,5-6,8H2,(H,26,27);3-6H,2,7,13H2,1H3/t11-;/m1./s1. The summed E-state index contributed by atoms with van der Waals surface area (Å²) < 4.78 is 102. The second-order valence-corrected chi connectivity index (χ2v) is 12.0. The number of hydrogen-bond donors (Lipinski definition) is 2. The van der Waals surface area contributed by atoms with Gasteiger partial charge in [-0.2, -0.15) is 13.1 Å². The largest absolute Gasteiger partial charge is 0.573 e. The second kappa shape index (κ2) is 13.5. The number of halogens is 5. The summed E-state index contributed by atoms with van der Waals surface area (Å²) in [5.41, 5.74) is 6.92. The number of rotatable bonds is 8. The molecule has 0 radical (unpaired) electrons. The van der Waals surface area contributed by atoms with Crippen LogP contribution in [0.4, 0.5) is 27.8 Å². The Balaban J connectivity index is 0.000000297. The first-order valence-corrected chi connectivity index (χ1v) is 15.3. The van der Waals surface area contributed by atoms with Crippen molar-refractivity contribution < 1.29 is 45.0 Å². The smallest absolute Gasteiger partial charge is 0.480 e. The van der Waals surface area contributed by atoms with Crippen molar-refractivity contribution in [2.75, 3.05) is 24.5 Å². The van der Waals surface area contributed by atoms with Gasteiger partial charge in [0.1, 0.15) is 17.6 Å². The van der Waals surface area contributed by atoms with Crippen LogP contribution in [0.2, 0.25) is 0 Å². The van der Waals surface area contributed by atoms with Gasteiger partial charge in [-0.05, 0) is 29.8 Å². The number of aromatic nitrogens is 4. The molecular formula is C26H26F5N7O5S2. The number of alkyl halides is 5. The summed E-state index contributed by atoms with van der Waals surface area (Å²) >= 11 is 0.922. The van der Waals surface area contributed by atoms with Gasteiger partial charge in [0.25, 0.3) is 5.92 Å². The summed E-state index contributed by atoms with van der Waals surface area (Å²) in [6.45, 7) is 1.54. The lowest BCUT2D eigenvalue weighted by molar-refractivity contribution is -0.274. The molecule has 0 saturated carbocycles. The van der Waals surface area contributed by atoms with Gasteiger partial charge in [0.05, 0.1) is 22.8 Å². The van der Waals surface area contributed by atoms with E-state index in [0.29, 0.717) is 18.0 Å². The van der Waals surface area contributed by atoms with Crippen molar-refractivity contribution in [2.45, 2.75) is 43.1 Å². The third kappa shape index (κ3) is 8.16. The van der Waals surface area contributed by atoms with E-state index >= 15 is 0 Å². The first-order valence-electron chi connectivity index (χ1n) is 13.1. The van der Waals surface area contributed by atoms with Crippen LogP contribution in [0.5, 0.6) is 5.75 Å². The lowest BCUT2D eigenvalue weighted by atomic mass is 10.0. The maximum absolute atomic E-state index is 13.1. The van der Waals surface area contributed by atoms with Crippen LogP contribution in [0.15, 0.2) is 59.6 Å². The Morgan fingerprint density at radius 2 is 1.69 bits per heavy atom. The molecular weight excluding hydrogens is 649 g/mol. The fourth-order valence-corrected chi connectivity index (χ4v) is 6.25. The molecule has 1 aliphatic heterocycles. The molecule has 0 aliphatic carbocycles. The molecule has 0 unspecified atom stereocenters. The van der Waals surface area contributed by atoms with Crippen molar-refractivity contribution in [1.29, 1.82) is 0 Å². The number of carboxylic acid groups (broad SMARTS) is 1. The van der Waals surface area contributed by atoms with Crippen LogP contribution >= 0.6 is 11.7 Å². The molecule has 2 aromatic heterocycles. The zero-order valence-corrected chi connectivity index (χ0v) is 25.0. The van der Waals surface area contributed by atoms with E-state index < -0.39 is 40.1 Å². The maximum atomic E-state index is 13.1. The van der Waals surface area contributed by atoms with E-state index in [4.69, 9.17) is 5.73 Å². The molecule has 3 heterocycles. The minimum Gasteiger partial charge on any atom is -0.480 e. The average Bonchev–Trinajstić information content (AvgIpc) is 3.49. The molecule has 45 heavy (non-hydrogen) atoms. The number of fused-ring (bicyclic) bond motifs is 1. The molecule has 2 aromatic carbocycles. The summed E-state index contributed by atoms with van der Waals surface area (Å²) in [5.74, 6) is -4.38. The molecule has 1 atom stereocenters. The van der Waals surface area contributed by atoms with Crippen molar-refractivity contribution >= 4 is 44.8 Å². The molecule has 3 N–H and O–H groups in total. The number of piperazine rings is 1. The SMILES string of the molecule is CCC(F)(F)c1ccc(CN)cc1.O=C(O)[C@H]1CN(c2cnc3nsnc3n2)CCN1S(=O)(=O)c1ccc(OC(F)(F)F)cc1. The van der Waals surface area contributed by atoms with Gasteiger partial charge in [-0.1, -0.05) is 31.2 Å². The van der Waals surface area contributed by atoms with Gasteiger partial charge in [-0.25, -0.2) is 27.2 Å². The van der Waals surface area contributed by atoms with Crippen LogP contribution in [0.3, 0.4) is 0 Å². The van der Waals surface area contributed by atoms with Gasteiger partial charge in [-0.15, -0.1) is 13.2 Å². The Morgan fingerprint density at radius 1 is 1.04 bits per heavy atom. The number of anilines is 1. The van der Waals surface area contributed by atoms with Crippen LogP contribution in [0, 0.1) is 0 Å². The number of benzene rings is 2. The average molecular weight is 676 g/mol. The van der Waals surface area contributed by atoms with E-state index in [1.807, 2.05) is 0 Å². The van der Waals surface area contributed by atoms with Crippen molar-refractivity contribution in [3.63, 3.8) is 0 Å². The highest BCUT2D eigenvalue weighted by Gasteiger charge is 2.41. The van der Waals surface area contributed by atoms with Crippen molar-refractivity contribution in [1.82, 2.24) is 23.0 Å². The first kappa shape index (κ1) is 33.8. The highest BCUT2D eigenvalue weighted by molar-refractivity contribution is 7.89. The van der Waals surface area contributed by atoms with Gasteiger partial charge in [0.2, 0.25) is 21.3 Å². The number of carboxylic acids is 1. The molecule has 5 rings (SSSR count). The number of nitrogens with two attached hydrogens (primary N) is 1.